The number of pyridine rings is 1. The van der Waals surface area contributed by atoms with Crippen molar-refractivity contribution in [2.45, 2.75) is 6.04 Å². The lowest BCUT2D eigenvalue weighted by molar-refractivity contribution is 0.644. The molecule has 2 rings (SSSR count). The van der Waals surface area contributed by atoms with E-state index in [0.717, 1.165) is 5.69 Å². The van der Waals surface area contributed by atoms with Crippen LogP contribution in [-0.2, 0) is 7.05 Å². The fraction of sp³-hybridized carbons (Fsp3) is 0.222. The van der Waals surface area contributed by atoms with Crippen LogP contribution < -0.4 is 5.73 Å². The third-order valence-electron chi connectivity index (χ3n) is 2.20. The van der Waals surface area contributed by atoms with Crippen molar-refractivity contribution in [2.75, 3.05) is 0 Å². The Labute approximate surface area is 106 Å². The van der Waals surface area contributed by atoms with E-state index >= 15 is 0 Å². The molecule has 5 nitrogen and oxygen atoms in total. The van der Waals surface area contributed by atoms with Crippen molar-refractivity contribution in [3.8, 4) is 0 Å². The van der Waals surface area contributed by atoms with Gasteiger partial charge in [0.15, 0.2) is 4.60 Å². The lowest BCUT2D eigenvalue weighted by Gasteiger charge is -2.12. The molecule has 0 saturated heterocycles. The van der Waals surface area contributed by atoms with Crippen molar-refractivity contribution in [3.05, 3.63) is 39.3 Å². The number of aromatic nitrogens is 4. The van der Waals surface area contributed by atoms with Crippen LogP contribution in [0, 0.1) is 0 Å². The molecule has 16 heavy (non-hydrogen) atoms. The SMILES string of the molecule is Cn1nnc(Br)c1C(N)c1ncccc1Cl. The molecule has 0 aliphatic carbocycles. The lowest BCUT2D eigenvalue weighted by atomic mass is 10.1. The first-order valence-corrected chi connectivity index (χ1v) is 5.69. The Morgan fingerprint density at radius 3 is 2.88 bits per heavy atom. The van der Waals surface area contributed by atoms with E-state index in [0.29, 0.717) is 15.3 Å². The zero-order valence-electron chi connectivity index (χ0n) is 8.43. The zero-order chi connectivity index (χ0) is 11.7. The molecule has 84 valence electrons. The van der Waals surface area contributed by atoms with Gasteiger partial charge in [-0.05, 0) is 28.1 Å². The van der Waals surface area contributed by atoms with E-state index < -0.39 is 6.04 Å². The van der Waals surface area contributed by atoms with Crippen LogP contribution in [0.2, 0.25) is 5.02 Å². The minimum Gasteiger partial charge on any atom is -0.318 e. The van der Waals surface area contributed by atoms with E-state index in [4.69, 9.17) is 17.3 Å². The lowest BCUT2D eigenvalue weighted by Crippen LogP contribution is -2.18. The average Bonchev–Trinajstić information content (AvgIpc) is 2.58. The van der Waals surface area contributed by atoms with Crippen LogP contribution in [-0.4, -0.2) is 20.0 Å². The van der Waals surface area contributed by atoms with Gasteiger partial charge >= 0.3 is 0 Å². The molecule has 2 N–H and O–H groups in total. The minimum absolute atomic E-state index is 0.455. The fourth-order valence-corrected chi connectivity index (χ4v) is 2.24. The van der Waals surface area contributed by atoms with Crippen molar-refractivity contribution in [2.24, 2.45) is 12.8 Å². The summed E-state index contributed by atoms with van der Waals surface area (Å²) in [5.41, 5.74) is 7.43. The second-order valence-electron chi connectivity index (χ2n) is 3.24. The van der Waals surface area contributed by atoms with Gasteiger partial charge in [0.2, 0.25) is 0 Å². The molecule has 2 aromatic rings. The number of hydrogen-bond donors (Lipinski definition) is 1. The van der Waals surface area contributed by atoms with E-state index in [1.54, 1.807) is 30.1 Å². The van der Waals surface area contributed by atoms with Crippen molar-refractivity contribution < 1.29 is 0 Å². The molecular formula is C9H9BrClN5. The van der Waals surface area contributed by atoms with E-state index in [-0.39, 0.29) is 0 Å². The highest BCUT2D eigenvalue weighted by molar-refractivity contribution is 9.10. The van der Waals surface area contributed by atoms with Gasteiger partial charge in [0, 0.05) is 13.2 Å². The number of nitrogens with zero attached hydrogens (tertiary/aromatic N) is 4. The monoisotopic (exact) mass is 301 g/mol. The molecule has 1 unspecified atom stereocenters. The fourth-order valence-electron chi connectivity index (χ4n) is 1.43. The van der Waals surface area contributed by atoms with Gasteiger partial charge in [-0.1, -0.05) is 16.8 Å². The van der Waals surface area contributed by atoms with Crippen LogP contribution in [0.5, 0.6) is 0 Å². The topological polar surface area (TPSA) is 69.6 Å². The second kappa shape index (κ2) is 4.48. The van der Waals surface area contributed by atoms with Crippen molar-refractivity contribution >= 4 is 27.5 Å². The van der Waals surface area contributed by atoms with E-state index in [1.807, 2.05) is 0 Å². The maximum atomic E-state index is 6.09. The number of nitrogens with two attached hydrogens (primary N) is 1. The molecule has 0 aliphatic rings. The molecular weight excluding hydrogens is 293 g/mol. The maximum absolute atomic E-state index is 6.09. The number of aryl methyl sites for hydroxylation is 1. The molecule has 0 radical (unpaired) electrons. The van der Waals surface area contributed by atoms with Gasteiger partial charge in [-0.15, -0.1) is 5.10 Å². The summed E-state index contributed by atoms with van der Waals surface area (Å²) in [5, 5.41) is 8.26. The van der Waals surface area contributed by atoms with Crippen molar-refractivity contribution in [1.82, 2.24) is 20.0 Å². The molecule has 0 saturated carbocycles. The normalized spacial score (nSPS) is 12.8. The van der Waals surface area contributed by atoms with Crippen LogP contribution in [0.4, 0.5) is 0 Å². The average molecular weight is 303 g/mol. The van der Waals surface area contributed by atoms with Crippen LogP contribution in [0.15, 0.2) is 22.9 Å². The highest BCUT2D eigenvalue weighted by atomic mass is 79.9. The first-order valence-electron chi connectivity index (χ1n) is 4.52. The number of halogens is 2. The number of rotatable bonds is 2. The van der Waals surface area contributed by atoms with Crippen molar-refractivity contribution in [3.63, 3.8) is 0 Å². The first-order chi connectivity index (χ1) is 7.61. The first kappa shape index (κ1) is 11.5. The largest absolute Gasteiger partial charge is 0.318 e. The van der Waals surface area contributed by atoms with Gasteiger partial charge < -0.3 is 5.73 Å². The summed E-state index contributed by atoms with van der Waals surface area (Å²) in [5.74, 6) is 0. The van der Waals surface area contributed by atoms with Crippen LogP contribution in [0.1, 0.15) is 17.4 Å². The Morgan fingerprint density at radius 2 is 2.31 bits per heavy atom. The van der Waals surface area contributed by atoms with Gasteiger partial charge in [-0.25, -0.2) is 4.68 Å². The summed E-state index contributed by atoms with van der Waals surface area (Å²) in [7, 11) is 1.77. The Morgan fingerprint density at radius 1 is 1.56 bits per heavy atom. The highest BCUT2D eigenvalue weighted by Gasteiger charge is 2.21. The molecule has 0 bridgehead atoms. The van der Waals surface area contributed by atoms with Gasteiger partial charge in [0.1, 0.15) is 0 Å². The quantitative estimate of drug-likeness (QED) is 0.916. The zero-order valence-corrected chi connectivity index (χ0v) is 10.8. The summed E-state index contributed by atoms with van der Waals surface area (Å²) in [4.78, 5) is 4.17. The summed E-state index contributed by atoms with van der Waals surface area (Å²) >= 11 is 9.33. The second-order valence-corrected chi connectivity index (χ2v) is 4.40. The summed E-state index contributed by atoms with van der Waals surface area (Å²) < 4.78 is 2.20. The van der Waals surface area contributed by atoms with Crippen LogP contribution in [0.25, 0.3) is 0 Å². The molecule has 0 spiro atoms. The molecule has 1 atom stereocenters. The minimum atomic E-state index is -0.455. The summed E-state index contributed by atoms with van der Waals surface area (Å²) in [6, 6.07) is 3.05. The van der Waals surface area contributed by atoms with Gasteiger partial charge in [-0.3, -0.25) is 4.98 Å². The molecule has 2 aromatic heterocycles. The van der Waals surface area contributed by atoms with Crippen LogP contribution >= 0.6 is 27.5 Å². The maximum Gasteiger partial charge on any atom is 0.153 e. The highest BCUT2D eigenvalue weighted by Crippen LogP contribution is 2.27. The summed E-state index contributed by atoms with van der Waals surface area (Å²) in [6.45, 7) is 0. The Hall–Kier alpha value is -0.980. The predicted molar refractivity (Wildman–Crippen MR) is 64.0 cm³/mol. The predicted octanol–water partition coefficient (Wildman–Crippen LogP) is 1.67. The Bertz CT molecular complexity index is 493. The van der Waals surface area contributed by atoms with Gasteiger partial charge in [-0.2, -0.15) is 0 Å². The van der Waals surface area contributed by atoms with E-state index in [9.17, 15) is 0 Å². The third-order valence-corrected chi connectivity index (χ3v) is 3.09. The van der Waals surface area contributed by atoms with Crippen molar-refractivity contribution in [1.29, 1.82) is 0 Å². The number of hydrogen-bond acceptors (Lipinski definition) is 4. The van der Waals surface area contributed by atoms with Gasteiger partial charge in [0.05, 0.1) is 22.5 Å². The molecule has 0 fully saturated rings. The van der Waals surface area contributed by atoms with E-state index in [1.165, 1.54) is 0 Å². The molecule has 0 amide bonds. The molecule has 0 aromatic carbocycles. The molecule has 2 heterocycles. The molecule has 0 aliphatic heterocycles. The third kappa shape index (κ3) is 1.95. The summed E-state index contributed by atoms with van der Waals surface area (Å²) in [6.07, 6.45) is 1.65. The van der Waals surface area contributed by atoms with Crippen LogP contribution in [0.3, 0.4) is 0 Å². The van der Waals surface area contributed by atoms with Gasteiger partial charge in [0.25, 0.3) is 0 Å². The smallest absolute Gasteiger partial charge is 0.153 e. The Kier molecular flexibility index (Phi) is 3.22. The van der Waals surface area contributed by atoms with E-state index in [2.05, 4.69) is 31.2 Å². The molecule has 7 heteroatoms. The Balaban J connectivity index is 2.47. The standard InChI is InChI=1S/C9H9BrClN5/c1-16-8(9(10)14-15-16)6(12)7-5(11)3-2-4-13-7/h2-4,6H,12H2,1H3.